The lowest BCUT2D eigenvalue weighted by molar-refractivity contribution is -0.138. The number of carboxylic acids is 1. The number of carbonyl (C=O) groups excluding carboxylic acids is 1. The molecule has 0 aliphatic carbocycles. The molecule has 16 heavy (non-hydrogen) atoms. The van der Waals surface area contributed by atoms with Crippen molar-refractivity contribution < 1.29 is 14.7 Å². The third-order valence-electron chi connectivity index (χ3n) is 1.96. The summed E-state index contributed by atoms with van der Waals surface area (Å²) in [5, 5.41) is 11.1. The zero-order valence-corrected chi connectivity index (χ0v) is 10.3. The number of hydrogen-bond donors (Lipinski definition) is 2. The van der Waals surface area contributed by atoms with Crippen molar-refractivity contribution in [1.29, 1.82) is 0 Å². The Hall–Kier alpha value is -1.07. The molecule has 0 radical (unpaired) electrons. The maximum atomic E-state index is 11.3. The Morgan fingerprint density at radius 3 is 2.69 bits per heavy atom. The number of aliphatic carboxylic acids is 1. The molecule has 0 aliphatic heterocycles. The van der Waals surface area contributed by atoms with Gasteiger partial charge in [0, 0.05) is 11.3 Å². The average molecular weight is 262 g/mol. The number of carbonyl (C=O) groups is 2. The number of amides is 1. The first-order valence-electron chi connectivity index (χ1n) is 4.75. The molecule has 0 spiro atoms. The molecule has 0 saturated heterocycles. The van der Waals surface area contributed by atoms with Crippen LogP contribution < -0.4 is 5.32 Å². The monoisotopic (exact) mass is 261 g/mol. The Kier molecular flexibility index (Phi) is 4.76. The third-order valence-corrected chi connectivity index (χ3v) is 3.38. The molecule has 4 nitrogen and oxygen atoms in total. The summed E-state index contributed by atoms with van der Waals surface area (Å²) in [6.07, 6.45) is -0.150. The fourth-order valence-corrected chi connectivity index (χ4v) is 2.23. The molecule has 1 atom stereocenters. The minimum Gasteiger partial charge on any atom is -0.481 e. The Morgan fingerprint density at radius 1 is 1.50 bits per heavy atom. The molecule has 6 heteroatoms. The molecule has 1 amide bonds. The van der Waals surface area contributed by atoms with Gasteiger partial charge in [0.05, 0.1) is 16.8 Å². The molecule has 1 rings (SSSR count). The summed E-state index contributed by atoms with van der Waals surface area (Å²) in [6, 6.07) is 3.47. The first-order chi connectivity index (χ1) is 7.49. The van der Waals surface area contributed by atoms with Gasteiger partial charge < -0.3 is 10.4 Å². The maximum Gasteiger partial charge on any atom is 0.303 e. The normalized spacial score (nSPS) is 12.1. The van der Waals surface area contributed by atoms with Crippen molar-refractivity contribution in [3.8, 4) is 0 Å². The fourth-order valence-electron chi connectivity index (χ4n) is 1.17. The molecular formula is C10H12ClNO3S. The van der Waals surface area contributed by atoms with Crippen LogP contribution in [0.1, 0.15) is 30.7 Å². The van der Waals surface area contributed by atoms with Crippen molar-refractivity contribution in [1.82, 2.24) is 5.32 Å². The molecule has 2 N–H and O–H groups in total. The Bertz CT molecular complexity index is 391. The van der Waals surface area contributed by atoms with Gasteiger partial charge in [-0.3, -0.25) is 9.59 Å². The van der Waals surface area contributed by atoms with Gasteiger partial charge in [0.2, 0.25) is 5.91 Å². The molecular weight excluding hydrogens is 250 g/mol. The van der Waals surface area contributed by atoms with Gasteiger partial charge in [-0.25, -0.2) is 0 Å². The summed E-state index contributed by atoms with van der Waals surface area (Å²) in [7, 11) is 0. The molecule has 1 aromatic heterocycles. The van der Waals surface area contributed by atoms with E-state index in [9.17, 15) is 9.59 Å². The molecule has 0 fully saturated rings. The van der Waals surface area contributed by atoms with Gasteiger partial charge in [-0.15, -0.1) is 11.3 Å². The van der Waals surface area contributed by atoms with E-state index in [-0.39, 0.29) is 24.8 Å². The van der Waals surface area contributed by atoms with E-state index in [1.807, 2.05) is 13.0 Å². The summed E-state index contributed by atoms with van der Waals surface area (Å²) < 4.78 is 0.668. The van der Waals surface area contributed by atoms with E-state index >= 15 is 0 Å². The van der Waals surface area contributed by atoms with Gasteiger partial charge in [-0.05, 0) is 19.1 Å². The van der Waals surface area contributed by atoms with E-state index in [2.05, 4.69) is 5.32 Å². The summed E-state index contributed by atoms with van der Waals surface area (Å²) in [5.74, 6) is -1.23. The van der Waals surface area contributed by atoms with Crippen molar-refractivity contribution in [2.75, 3.05) is 0 Å². The molecule has 1 unspecified atom stereocenters. The second-order valence-corrected chi connectivity index (χ2v) is 5.07. The number of carboxylic acid groups (broad SMARTS) is 1. The molecule has 0 saturated carbocycles. The number of halogens is 1. The lowest BCUT2D eigenvalue weighted by Crippen LogP contribution is -2.26. The van der Waals surface area contributed by atoms with Crippen LogP contribution in [0.2, 0.25) is 4.34 Å². The maximum absolute atomic E-state index is 11.3. The van der Waals surface area contributed by atoms with Crippen LogP contribution in [0, 0.1) is 0 Å². The highest BCUT2D eigenvalue weighted by molar-refractivity contribution is 7.16. The lowest BCUT2D eigenvalue weighted by atomic mass is 10.2. The number of hydrogen-bond acceptors (Lipinski definition) is 3. The van der Waals surface area contributed by atoms with Gasteiger partial charge in [0.1, 0.15) is 0 Å². The number of thiophene rings is 1. The van der Waals surface area contributed by atoms with E-state index in [1.54, 1.807) is 6.07 Å². The molecule has 0 aliphatic rings. The predicted octanol–water partition coefficient (Wildman–Crippen LogP) is 2.44. The van der Waals surface area contributed by atoms with Crippen molar-refractivity contribution in [3.05, 3.63) is 21.3 Å². The fraction of sp³-hybridized carbons (Fsp3) is 0.400. The van der Waals surface area contributed by atoms with Crippen LogP contribution >= 0.6 is 22.9 Å². The minimum absolute atomic E-state index is 0.00121. The molecule has 1 heterocycles. The Balaban J connectivity index is 2.42. The van der Waals surface area contributed by atoms with Crippen LogP contribution in [0.4, 0.5) is 0 Å². The zero-order chi connectivity index (χ0) is 12.1. The molecule has 0 aromatic carbocycles. The van der Waals surface area contributed by atoms with Crippen molar-refractivity contribution >= 4 is 34.8 Å². The van der Waals surface area contributed by atoms with Crippen LogP contribution in [-0.2, 0) is 9.59 Å². The van der Waals surface area contributed by atoms with Crippen LogP contribution in [0.15, 0.2) is 12.1 Å². The largest absolute Gasteiger partial charge is 0.481 e. The van der Waals surface area contributed by atoms with Gasteiger partial charge >= 0.3 is 5.97 Å². The highest BCUT2D eigenvalue weighted by Gasteiger charge is 2.12. The molecule has 88 valence electrons. The lowest BCUT2D eigenvalue weighted by Gasteiger charge is -2.11. The zero-order valence-electron chi connectivity index (χ0n) is 8.70. The Morgan fingerprint density at radius 2 is 2.19 bits per heavy atom. The second kappa shape index (κ2) is 5.86. The standard InChI is InChI=1S/C10H12ClNO3S/c1-6(7-2-3-8(11)16-7)12-9(13)4-5-10(14)15/h2-3,6H,4-5H2,1H3,(H,12,13)(H,14,15). The highest BCUT2D eigenvalue weighted by atomic mass is 35.5. The van der Waals surface area contributed by atoms with Gasteiger partial charge in [0.25, 0.3) is 0 Å². The van der Waals surface area contributed by atoms with E-state index in [1.165, 1.54) is 11.3 Å². The summed E-state index contributed by atoms with van der Waals surface area (Å²) in [6.45, 7) is 1.83. The molecule has 1 aromatic rings. The number of rotatable bonds is 5. The van der Waals surface area contributed by atoms with Gasteiger partial charge in [-0.2, -0.15) is 0 Å². The van der Waals surface area contributed by atoms with Crippen molar-refractivity contribution in [3.63, 3.8) is 0 Å². The summed E-state index contributed by atoms with van der Waals surface area (Å²) >= 11 is 7.17. The minimum atomic E-state index is -0.970. The smallest absolute Gasteiger partial charge is 0.303 e. The quantitative estimate of drug-likeness (QED) is 0.856. The number of nitrogens with one attached hydrogen (secondary N) is 1. The molecule has 0 bridgehead atoms. The van der Waals surface area contributed by atoms with E-state index in [0.29, 0.717) is 4.34 Å². The first-order valence-corrected chi connectivity index (χ1v) is 5.95. The van der Waals surface area contributed by atoms with Crippen molar-refractivity contribution in [2.45, 2.75) is 25.8 Å². The van der Waals surface area contributed by atoms with E-state index in [0.717, 1.165) is 4.88 Å². The van der Waals surface area contributed by atoms with Crippen molar-refractivity contribution in [2.24, 2.45) is 0 Å². The Labute approximate surface area is 102 Å². The predicted molar refractivity (Wildman–Crippen MR) is 62.8 cm³/mol. The third kappa shape index (κ3) is 4.20. The second-order valence-electron chi connectivity index (χ2n) is 3.32. The average Bonchev–Trinajstić information content (AvgIpc) is 2.62. The topological polar surface area (TPSA) is 66.4 Å². The SMILES string of the molecule is CC(NC(=O)CCC(=O)O)c1ccc(Cl)s1. The van der Waals surface area contributed by atoms with Crippen LogP contribution in [0.25, 0.3) is 0 Å². The highest BCUT2D eigenvalue weighted by Crippen LogP contribution is 2.26. The van der Waals surface area contributed by atoms with Crippen LogP contribution in [0.3, 0.4) is 0 Å². The van der Waals surface area contributed by atoms with E-state index < -0.39 is 5.97 Å². The van der Waals surface area contributed by atoms with Crippen LogP contribution in [0.5, 0.6) is 0 Å². The van der Waals surface area contributed by atoms with Crippen LogP contribution in [-0.4, -0.2) is 17.0 Å². The van der Waals surface area contributed by atoms with Gasteiger partial charge in [-0.1, -0.05) is 11.6 Å². The van der Waals surface area contributed by atoms with E-state index in [4.69, 9.17) is 16.7 Å². The van der Waals surface area contributed by atoms with Gasteiger partial charge in [0.15, 0.2) is 0 Å². The first kappa shape index (κ1) is 13.0. The summed E-state index contributed by atoms with van der Waals surface area (Å²) in [5.41, 5.74) is 0. The summed E-state index contributed by atoms with van der Waals surface area (Å²) in [4.78, 5) is 22.6.